The van der Waals surface area contributed by atoms with E-state index in [0.29, 0.717) is 61.8 Å². The predicted octanol–water partition coefficient (Wildman–Crippen LogP) is 7.00. The van der Waals surface area contributed by atoms with Gasteiger partial charge in [0, 0.05) is 37.0 Å². The van der Waals surface area contributed by atoms with E-state index in [4.69, 9.17) is 9.47 Å². The molecule has 1 aromatic rings. The topological polar surface area (TPSA) is 117 Å². The molecule has 1 saturated carbocycles. The molecule has 4 rings (SSSR count). The molecule has 1 atom stereocenters. The van der Waals surface area contributed by atoms with Crippen molar-refractivity contribution in [2.75, 3.05) is 31.1 Å². The summed E-state index contributed by atoms with van der Waals surface area (Å²) in [5, 5.41) is 10.2. The van der Waals surface area contributed by atoms with E-state index >= 15 is 0 Å². The summed E-state index contributed by atoms with van der Waals surface area (Å²) < 4.78 is 11.3. The largest absolute Gasteiger partial charge is 0.477 e. The van der Waals surface area contributed by atoms with Crippen molar-refractivity contribution in [3.8, 4) is 11.8 Å². The number of anilines is 1. The molecule has 1 aromatic heterocycles. The fraction of sp³-hybridized carbons (Fsp3) is 0.714. The summed E-state index contributed by atoms with van der Waals surface area (Å²) in [6.07, 6.45) is 4.62. The fourth-order valence-electron chi connectivity index (χ4n) is 6.27. The van der Waals surface area contributed by atoms with Crippen LogP contribution < -0.4 is 4.90 Å². The van der Waals surface area contributed by atoms with Gasteiger partial charge in [-0.1, -0.05) is 18.8 Å². The Morgan fingerprint density at radius 1 is 0.913 bits per heavy atom. The third-order valence-corrected chi connectivity index (χ3v) is 9.74. The molecule has 2 saturated heterocycles. The average molecular weight is 658 g/mol. The molecular weight excluding hydrogens is 606 g/mol. The number of rotatable bonds is 5. The average Bonchev–Trinajstić information content (AvgIpc) is 3.40. The second-order valence-corrected chi connectivity index (χ2v) is 16.1. The maximum Gasteiger partial charge on any atom is 0.410 e. The zero-order chi connectivity index (χ0) is 33.8. The van der Waals surface area contributed by atoms with Crippen LogP contribution in [-0.2, 0) is 14.3 Å². The van der Waals surface area contributed by atoms with Crippen LogP contribution in [0.5, 0.6) is 0 Å². The summed E-state index contributed by atoms with van der Waals surface area (Å²) in [5.74, 6) is 5.61. The van der Waals surface area contributed by atoms with E-state index in [1.165, 1.54) is 0 Å². The Labute approximate surface area is 277 Å². The monoisotopic (exact) mass is 657 g/mol. The summed E-state index contributed by atoms with van der Waals surface area (Å²) in [6.45, 7) is 15.3. The summed E-state index contributed by atoms with van der Waals surface area (Å²) in [5.41, 5.74) is -0.454. The SMILES string of the molecule is CC1CCC(C(=O)N(c2cc(C#CC(C)(C)C)sc2C(=O)O)C2CCN(C(=O)O[C@@H]3CCCN(C(=O)OC(C)(C)C)C3)CC2)CC1. The molecule has 254 valence electrons. The van der Waals surface area contributed by atoms with Gasteiger partial charge in [0.2, 0.25) is 5.91 Å². The summed E-state index contributed by atoms with van der Waals surface area (Å²) in [7, 11) is 0. The number of likely N-dealkylation sites (tertiary alicyclic amines) is 2. The number of amides is 3. The Bertz CT molecular complexity index is 1330. The number of carboxylic acid groups (broad SMARTS) is 1. The van der Waals surface area contributed by atoms with Crippen molar-refractivity contribution in [2.45, 2.75) is 118 Å². The molecular formula is C35H51N3O7S. The number of ether oxygens (including phenoxy) is 2. The molecule has 10 nitrogen and oxygen atoms in total. The van der Waals surface area contributed by atoms with Crippen molar-refractivity contribution < 1.29 is 33.8 Å². The van der Waals surface area contributed by atoms with Crippen LogP contribution in [0, 0.1) is 29.1 Å². The van der Waals surface area contributed by atoms with Crippen LogP contribution in [0.15, 0.2) is 6.07 Å². The van der Waals surface area contributed by atoms with E-state index in [-0.39, 0.29) is 34.7 Å². The van der Waals surface area contributed by atoms with Crippen molar-refractivity contribution in [1.29, 1.82) is 0 Å². The van der Waals surface area contributed by atoms with Crippen LogP contribution in [0.25, 0.3) is 0 Å². The molecule has 3 amide bonds. The lowest BCUT2D eigenvalue weighted by Crippen LogP contribution is -2.52. The van der Waals surface area contributed by atoms with Crippen LogP contribution in [0.1, 0.15) is 114 Å². The second-order valence-electron chi connectivity index (χ2n) is 15.1. The van der Waals surface area contributed by atoms with Crippen LogP contribution in [0.3, 0.4) is 0 Å². The maximum atomic E-state index is 14.2. The van der Waals surface area contributed by atoms with Crippen molar-refractivity contribution in [1.82, 2.24) is 9.80 Å². The van der Waals surface area contributed by atoms with Gasteiger partial charge in [0.1, 0.15) is 16.6 Å². The molecule has 2 aliphatic heterocycles. The van der Waals surface area contributed by atoms with Crippen LogP contribution in [0.4, 0.5) is 15.3 Å². The third-order valence-electron chi connectivity index (χ3n) is 8.71. The molecule has 3 fully saturated rings. The first-order valence-corrected chi connectivity index (χ1v) is 17.5. The van der Waals surface area contributed by atoms with Crippen LogP contribution >= 0.6 is 11.3 Å². The molecule has 0 spiro atoms. The molecule has 46 heavy (non-hydrogen) atoms. The molecule has 0 unspecified atom stereocenters. The fourth-order valence-corrected chi connectivity index (χ4v) is 7.12. The predicted molar refractivity (Wildman–Crippen MR) is 178 cm³/mol. The Morgan fingerprint density at radius 2 is 1.57 bits per heavy atom. The van der Waals surface area contributed by atoms with Crippen molar-refractivity contribution >= 4 is 41.1 Å². The van der Waals surface area contributed by atoms with Crippen LogP contribution in [-0.4, -0.2) is 82.9 Å². The highest BCUT2D eigenvalue weighted by molar-refractivity contribution is 7.15. The van der Waals surface area contributed by atoms with Gasteiger partial charge in [0.25, 0.3) is 0 Å². The van der Waals surface area contributed by atoms with Crippen molar-refractivity contribution in [3.05, 3.63) is 15.8 Å². The lowest BCUT2D eigenvalue weighted by atomic mass is 9.82. The lowest BCUT2D eigenvalue weighted by Gasteiger charge is -2.41. The summed E-state index contributed by atoms with van der Waals surface area (Å²) >= 11 is 1.11. The highest BCUT2D eigenvalue weighted by Crippen LogP contribution is 2.38. The highest BCUT2D eigenvalue weighted by Gasteiger charge is 2.39. The molecule has 1 N–H and O–H groups in total. The Kier molecular flexibility index (Phi) is 11.3. The van der Waals surface area contributed by atoms with Gasteiger partial charge in [-0.05, 0) is 105 Å². The molecule has 3 aliphatic rings. The van der Waals surface area contributed by atoms with Gasteiger partial charge in [-0.25, -0.2) is 14.4 Å². The van der Waals surface area contributed by atoms with Crippen LogP contribution in [0.2, 0.25) is 0 Å². The van der Waals surface area contributed by atoms with Gasteiger partial charge >= 0.3 is 18.2 Å². The van der Waals surface area contributed by atoms with Gasteiger partial charge in [0.15, 0.2) is 0 Å². The zero-order valence-corrected chi connectivity index (χ0v) is 29.3. The van der Waals surface area contributed by atoms with E-state index in [2.05, 4.69) is 18.8 Å². The third kappa shape index (κ3) is 9.63. The number of carbonyl (C=O) groups is 4. The summed E-state index contributed by atoms with van der Waals surface area (Å²) in [6, 6.07) is 1.50. The van der Waals surface area contributed by atoms with Gasteiger partial charge < -0.3 is 29.3 Å². The van der Waals surface area contributed by atoms with E-state index in [0.717, 1.165) is 37.0 Å². The van der Waals surface area contributed by atoms with E-state index in [9.17, 15) is 24.3 Å². The normalized spacial score (nSPS) is 22.8. The minimum Gasteiger partial charge on any atom is -0.477 e. The maximum absolute atomic E-state index is 14.2. The van der Waals surface area contributed by atoms with Crippen molar-refractivity contribution in [2.24, 2.45) is 17.3 Å². The minimum absolute atomic E-state index is 0.0343. The van der Waals surface area contributed by atoms with E-state index < -0.39 is 29.9 Å². The number of aromatic carboxylic acids is 1. The van der Waals surface area contributed by atoms with Crippen molar-refractivity contribution in [3.63, 3.8) is 0 Å². The molecule has 11 heteroatoms. The number of carboxylic acids is 1. The number of hydrogen-bond acceptors (Lipinski definition) is 7. The van der Waals surface area contributed by atoms with Gasteiger partial charge in [-0.15, -0.1) is 11.3 Å². The molecule has 1 aliphatic carbocycles. The standard InChI is InChI=1S/C35H51N3O7S/c1-23-10-12-24(13-11-23)30(39)38(28-21-27(14-17-34(2,3)4)46-29(28)31(40)41)25-15-19-36(20-16-25)32(42)44-26-9-8-18-37(22-26)33(43)45-35(5,6)7/h21,23-26H,8-13,15-16,18-20,22H2,1-7H3,(H,40,41)/t23?,24?,26-/m1/s1. The van der Waals surface area contributed by atoms with Gasteiger partial charge in [-0.2, -0.15) is 0 Å². The molecule has 0 aromatic carbocycles. The minimum atomic E-state index is -1.08. The number of carbonyl (C=O) groups excluding carboxylic acids is 3. The van der Waals surface area contributed by atoms with Gasteiger partial charge in [0.05, 0.1) is 17.1 Å². The number of hydrogen-bond donors (Lipinski definition) is 1. The van der Waals surface area contributed by atoms with E-state index in [1.54, 1.807) is 20.8 Å². The Balaban J connectivity index is 1.48. The lowest BCUT2D eigenvalue weighted by molar-refractivity contribution is -0.124. The summed E-state index contributed by atoms with van der Waals surface area (Å²) in [4.78, 5) is 58.2. The number of piperidine rings is 2. The molecule has 3 heterocycles. The highest BCUT2D eigenvalue weighted by atomic mass is 32.1. The number of thiophene rings is 1. The number of nitrogens with zero attached hydrogens (tertiary/aromatic N) is 3. The zero-order valence-electron chi connectivity index (χ0n) is 28.5. The van der Waals surface area contributed by atoms with E-state index in [1.807, 2.05) is 41.5 Å². The first-order chi connectivity index (χ1) is 21.5. The smallest absolute Gasteiger partial charge is 0.410 e. The molecule has 0 bridgehead atoms. The first kappa shape index (κ1) is 35.6. The second kappa shape index (κ2) is 14.7. The Hall–Kier alpha value is -3.26. The Morgan fingerprint density at radius 3 is 2.15 bits per heavy atom. The van der Waals surface area contributed by atoms with Gasteiger partial charge in [-0.3, -0.25) is 4.79 Å². The molecule has 0 radical (unpaired) electrons. The first-order valence-electron chi connectivity index (χ1n) is 16.7. The quantitative estimate of drug-likeness (QED) is 0.339.